The molecule has 1 aromatic rings. The van der Waals surface area contributed by atoms with E-state index in [1.54, 1.807) is 0 Å². The number of carbonyl (C=O) groups is 1. The fourth-order valence-corrected chi connectivity index (χ4v) is 1.79. The molecule has 0 aliphatic heterocycles. The molecule has 1 aliphatic carbocycles. The maximum absolute atomic E-state index is 11.5. The Hall–Kier alpha value is -1.37. The first-order valence-corrected chi connectivity index (χ1v) is 5.14. The van der Waals surface area contributed by atoms with Crippen LogP contribution < -0.4 is 0 Å². The number of hydrogen-bond donors (Lipinski definition) is 0. The molecule has 1 aliphatic rings. The average molecular weight is 186 g/mol. The molecule has 0 saturated heterocycles. The van der Waals surface area contributed by atoms with Gasteiger partial charge >= 0.3 is 0 Å². The third kappa shape index (κ3) is 1.63. The SMILES string of the molecule is CCc1ccc(C2=CCCC2=O)cc1. The highest BCUT2D eigenvalue weighted by Crippen LogP contribution is 2.24. The molecule has 0 heterocycles. The van der Waals surface area contributed by atoms with Gasteiger partial charge in [-0.15, -0.1) is 0 Å². The van der Waals surface area contributed by atoms with Crippen molar-refractivity contribution in [3.8, 4) is 0 Å². The van der Waals surface area contributed by atoms with Crippen molar-refractivity contribution in [1.29, 1.82) is 0 Å². The lowest BCUT2D eigenvalue weighted by Gasteiger charge is -2.02. The quantitative estimate of drug-likeness (QED) is 0.694. The summed E-state index contributed by atoms with van der Waals surface area (Å²) in [5.41, 5.74) is 3.30. The number of hydrogen-bond acceptors (Lipinski definition) is 1. The van der Waals surface area contributed by atoms with Crippen LogP contribution in [-0.4, -0.2) is 5.78 Å². The largest absolute Gasteiger partial charge is 0.294 e. The molecule has 0 N–H and O–H groups in total. The lowest BCUT2D eigenvalue weighted by atomic mass is 10.0. The Morgan fingerprint density at radius 1 is 1.21 bits per heavy atom. The molecule has 0 spiro atoms. The summed E-state index contributed by atoms with van der Waals surface area (Å²) in [6.45, 7) is 2.13. The summed E-state index contributed by atoms with van der Waals surface area (Å²) in [7, 11) is 0. The molecule has 1 aromatic carbocycles. The Morgan fingerprint density at radius 2 is 1.93 bits per heavy atom. The van der Waals surface area contributed by atoms with Gasteiger partial charge in [0.1, 0.15) is 0 Å². The van der Waals surface area contributed by atoms with Gasteiger partial charge in [-0.05, 0) is 24.0 Å². The van der Waals surface area contributed by atoms with E-state index >= 15 is 0 Å². The number of Topliss-reactive ketones (excluding diaryl/α,β-unsaturated/α-hetero) is 1. The van der Waals surface area contributed by atoms with E-state index in [0.29, 0.717) is 6.42 Å². The number of ketones is 1. The van der Waals surface area contributed by atoms with Gasteiger partial charge < -0.3 is 0 Å². The molecule has 0 atom stereocenters. The minimum Gasteiger partial charge on any atom is -0.294 e. The maximum Gasteiger partial charge on any atom is 0.163 e. The van der Waals surface area contributed by atoms with Crippen LogP contribution in [0.2, 0.25) is 0 Å². The van der Waals surface area contributed by atoms with Crippen LogP contribution in [0.25, 0.3) is 5.57 Å². The lowest BCUT2D eigenvalue weighted by Crippen LogP contribution is -1.94. The van der Waals surface area contributed by atoms with Crippen molar-refractivity contribution in [3.63, 3.8) is 0 Å². The molecule has 0 aromatic heterocycles. The molecule has 1 heteroatoms. The van der Waals surface area contributed by atoms with E-state index in [2.05, 4.69) is 19.1 Å². The molecule has 0 fully saturated rings. The van der Waals surface area contributed by atoms with Crippen LogP contribution in [0.5, 0.6) is 0 Å². The van der Waals surface area contributed by atoms with Gasteiger partial charge in [-0.2, -0.15) is 0 Å². The molecule has 0 amide bonds. The second-order valence-electron chi connectivity index (χ2n) is 3.63. The highest BCUT2D eigenvalue weighted by molar-refractivity contribution is 6.22. The maximum atomic E-state index is 11.5. The van der Waals surface area contributed by atoms with Crippen LogP contribution in [0.15, 0.2) is 30.3 Å². The summed E-state index contributed by atoms with van der Waals surface area (Å²) < 4.78 is 0. The van der Waals surface area contributed by atoms with Gasteiger partial charge in [-0.3, -0.25) is 4.79 Å². The van der Waals surface area contributed by atoms with Crippen LogP contribution in [0.3, 0.4) is 0 Å². The molecule has 0 radical (unpaired) electrons. The van der Waals surface area contributed by atoms with E-state index < -0.39 is 0 Å². The molecule has 72 valence electrons. The Labute approximate surface area is 84.5 Å². The van der Waals surface area contributed by atoms with Crippen molar-refractivity contribution in [2.75, 3.05) is 0 Å². The summed E-state index contributed by atoms with van der Waals surface area (Å²) in [5.74, 6) is 0.286. The molecular formula is C13H14O. The van der Waals surface area contributed by atoms with Gasteiger partial charge in [0.2, 0.25) is 0 Å². The fraction of sp³-hybridized carbons (Fsp3) is 0.308. The minimum atomic E-state index is 0.286. The molecule has 0 bridgehead atoms. The average Bonchev–Trinajstić information content (AvgIpc) is 2.65. The Kier molecular flexibility index (Phi) is 2.49. The van der Waals surface area contributed by atoms with Crippen molar-refractivity contribution < 1.29 is 4.79 Å². The van der Waals surface area contributed by atoms with Gasteiger partial charge in [0.15, 0.2) is 5.78 Å². The van der Waals surface area contributed by atoms with E-state index in [-0.39, 0.29) is 5.78 Å². The van der Waals surface area contributed by atoms with Gasteiger partial charge in [-0.25, -0.2) is 0 Å². The van der Waals surface area contributed by atoms with Crippen LogP contribution in [0.4, 0.5) is 0 Å². The van der Waals surface area contributed by atoms with Crippen LogP contribution in [0.1, 0.15) is 30.9 Å². The molecule has 0 unspecified atom stereocenters. The number of carbonyl (C=O) groups excluding carboxylic acids is 1. The van der Waals surface area contributed by atoms with E-state index in [9.17, 15) is 4.79 Å². The predicted molar refractivity (Wildman–Crippen MR) is 58.0 cm³/mol. The topological polar surface area (TPSA) is 17.1 Å². The Morgan fingerprint density at radius 3 is 2.43 bits per heavy atom. The number of allylic oxidation sites excluding steroid dienone is 2. The van der Waals surface area contributed by atoms with Crippen LogP contribution in [-0.2, 0) is 11.2 Å². The Bertz CT molecular complexity index is 371. The van der Waals surface area contributed by atoms with E-state index in [0.717, 1.165) is 24.0 Å². The summed E-state index contributed by atoms with van der Waals surface area (Å²) in [6.07, 6.45) is 4.69. The monoisotopic (exact) mass is 186 g/mol. The Balaban J connectivity index is 2.29. The smallest absolute Gasteiger partial charge is 0.163 e. The van der Waals surface area contributed by atoms with Crippen LogP contribution in [0, 0.1) is 0 Å². The number of benzene rings is 1. The first kappa shape index (κ1) is 9.20. The second kappa shape index (κ2) is 3.79. The summed E-state index contributed by atoms with van der Waals surface area (Å²) in [4.78, 5) is 11.5. The first-order valence-electron chi connectivity index (χ1n) is 5.14. The zero-order chi connectivity index (χ0) is 9.97. The highest BCUT2D eigenvalue weighted by atomic mass is 16.1. The van der Waals surface area contributed by atoms with Crippen molar-refractivity contribution in [2.45, 2.75) is 26.2 Å². The van der Waals surface area contributed by atoms with Gasteiger partial charge in [0, 0.05) is 12.0 Å². The highest BCUT2D eigenvalue weighted by Gasteiger charge is 2.15. The minimum absolute atomic E-state index is 0.286. The van der Waals surface area contributed by atoms with Crippen molar-refractivity contribution in [1.82, 2.24) is 0 Å². The summed E-state index contributed by atoms with van der Waals surface area (Å²) in [5, 5.41) is 0. The normalized spacial score (nSPS) is 15.8. The van der Waals surface area contributed by atoms with E-state index in [1.807, 2.05) is 18.2 Å². The zero-order valence-electron chi connectivity index (χ0n) is 8.42. The third-order valence-electron chi connectivity index (χ3n) is 2.69. The number of aryl methyl sites for hydroxylation is 1. The molecule has 14 heavy (non-hydrogen) atoms. The first-order chi connectivity index (χ1) is 6.81. The van der Waals surface area contributed by atoms with E-state index in [4.69, 9.17) is 0 Å². The molecule has 0 saturated carbocycles. The van der Waals surface area contributed by atoms with Gasteiger partial charge in [0.05, 0.1) is 0 Å². The summed E-state index contributed by atoms with van der Waals surface area (Å²) in [6, 6.07) is 8.30. The number of rotatable bonds is 2. The van der Waals surface area contributed by atoms with Crippen molar-refractivity contribution in [2.24, 2.45) is 0 Å². The predicted octanol–water partition coefficient (Wildman–Crippen LogP) is 3.00. The molecule has 1 nitrogen and oxygen atoms in total. The second-order valence-corrected chi connectivity index (χ2v) is 3.63. The molecular weight excluding hydrogens is 172 g/mol. The van der Waals surface area contributed by atoms with Gasteiger partial charge in [-0.1, -0.05) is 37.3 Å². The van der Waals surface area contributed by atoms with Crippen molar-refractivity contribution in [3.05, 3.63) is 41.5 Å². The summed E-state index contributed by atoms with van der Waals surface area (Å²) >= 11 is 0. The standard InChI is InChI=1S/C13H14O/c1-2-10-6-8-11(9-7-10)12-4-3-5-13(12)14/h4,6-9H,2-3,5H2,1H3. The van der Waals surface area contributed by atoms with Crippen molar-refractivity contribution >= 4 is 11.4 Å². The van der Waals surface area contributed by atoms with Gasteiger partial charge in [0.25, 0.3) is 0 Å². The zero-order valence-corrected chi connectivity index (χ0v) is 8.42. The third-order valence-corrected chi connectivity index (χ3v) is 2.69. The fourth-order valence-electron chi connectivity index (χ4n) is 1.79. The van der Waals surface area contributed by atoms with E-state index in [1.165, 1.54) is 5.56 Å². The lowest BCUT2D eigenvalue weighted by molar-refractivity contribution is -0.113. The van der Waals surface area contributed by atoms with Crippen LogP contribution >= 0.6 is 0 Å². The molecule has 2 rings (SSSR count).